The van der Waals surface area contributed by atoms with Crippen molar-refractivity contribution in [2.45, 2.75) is 25.8 Å². The Balaban J connectivity index is 1.94. The van der Waals surface area contributed by atoms with Gasteiger partial charge in [0.25, 0.3) is 0 Å². The lowest BCUT2D eigenvalue weighted by Crippen LogP contribution is -2.49. The molecule has 0 spiro atoms. The normalized spacial score (nSPS) is 12.6. The number of halogens is 1. The molecule has 0 saturated heterocycles. The number of amides is 1. The van der Waals surface area contributed by atoms with Crippen LogP contribution in [0.15, 0.2) is 48.5 Å². The highest BCUT2D eigenvalue weighted by Crippen LogP contribution is 2.31. The zero-order valence-electron chi connectivity index (χ0n) is 16.0. The number of nitrogens with two attached hydrogens (primary N) is 1. The fourth-order valence-corrected chi connectivity index (χ4v) is 3.59. The summed E-state index contributed by atoms with van der Waals surface area (Å²) >= 11 is 1.23. The molecule has 3 aromatic rings. The zero-order valence-corrected chi connectivity index (χ0v) is 16.8. The first-order chi connectivity index (χ1) is 13.8. The number of nitrogens with one attached hydrogen (secondary N) is 2. The van der Waals surface area contributed by atoms with Crippen molar-refractivity contribution in [1.82, 2.24) is 4.37 Å². The van der Waals surface area contributed by atoms with Gasteiger partial charge in [0.15, 0.2) is 0 Å². The summed E-state index contributed by atoms with van der Waals surface area (Å²) in [4.78, 5) is 12.2. The maximum Gasteiger partial charge on any atom is 0.243 e. The van der Waals surface area contributed by atoms with Gasteiger partial charge in [-0.1, -0.05) is 30.3 Å². The molecule has 1 amide bonds. The molecule has 0 saturated carbocycles. The standard InChI is InChI=1S/C21H20FN5OS/c1-13-8-19(29-27-13)25-17-10-18(16(22)9-15(17)12-23)26-21(2,20(24)28)11-14-6-4-3-5-7-14/h3-10,25-26H,11H2,1-2H3,(H2,24,28)/t21-/m1/s1. The van der Waals surface area contributed by atoms with E-state index in [0.29, 0.717) is 5.69 Å². The SMILES string of the molecule is Cc1cc(Nc2cc(N[C@](C)(Cc3ccccc3)C(N)=O)c(F)cc2C#N)sn1. The van der Waals surface area contributed by atoms with E-state index in [1.807, 2.05) is 49.4 Å². The first kappa shape index (κ1) is 20.3. The van der Waals surface area contributed by atoms with Crippen LogP contribution in [0, 0.1) is 24.1 Å². The van der Waals surface area contributed by atoms with Crippen molar-refractivity contribution >= 4 is 33.8 Å². The smallest absolute Gasteiger partial charge is 0.243 e. The van der Waals surface area contributed by atoms with Gasteiger partial charge in [0, 0.05) is 6.42 Å². The Morgan fingerprint density at radius 3 is 2.59 bits per heavy atom. The highest BCUT2D eigenvalue weighted by molar-refractivity contribution is 7.10. The summed E-state index contributed by atoms with van der Waals surface area (Å²) in [7, 11) is 0. The molecule has 0 aliphatic rings. The van der Waals surface area contributed by atoms with Gasteiger partial charge in [-0.25, -0.2) is 4.39 Å². The van der Waals surface area contributed by atoms with E-state index >= 15 is 0 Å². The number of nitriles is 1. The van der Waals surface area contributed by atoms with Crippen molar-refractivity contribution in [2.75, 3.05) is 10.6 Å². The molecule has 29 heavy (non-hydrogen) atoms. The van der Waals surface area contributed by atoms with Crippen LogP contribution in [0.25, 0.3) is 0 Å². The lowest BCUT2D eigenvalue weighted by molar-refractivity contribution is -0.121. The molecule has 1 heterocycles. The predicted octanol–water partition coefficient (Wildman–Crippen LogP) is 4.10. The number of anilines is 3. The molecule has 8 heteroatoms. The topological polar surface area (TPSA) is 104 Å². The third-order valence-electron chi connectivity index (χ3n) is 4.47. The van der Waals surface area contributed by atoms with E-state index in [1.54, 1.807) is 6.92 Å². The minimum absolute atomic E-state index is 0.0740. The molecule has 1 aromatic heterocycles. The summed E-state index contributed by atoms with van der Waals surface area (Å²) in [5.41, 5.74) is 6.75. The van der Waals surface area contributed by atoms with E-state index in [1.165, 1.54) is 17.6 Å². The second-order valence-corrected chi connectivity index (χ2v) is 7.74. The van der Waals surface area contributed by atoms with E-state index in [4.69, 9.17) is 5.73 Å². The summed E-state index contributed by atoms with van der Waals surface area (Å²) < 4.78 is 18.9. The van der Waals surface area contributed by atoms with Crippen molar-refractivity contribution in [3.63, 3.8) is 0 Å². The van der Waals surface area contributed by atoms with E-state index in [0.717, 1.165) is 22.3 Å². The lowest BCUT2D eigenvalue weighted by Gasteiger charge is -2.29. The number of hydrogen-bond donors (Lipinski definition) is 3. The molecule has 148 valence electrons. The average Bonchev–Trinajstić information content (AvgIpc) is 3.09. The van der Waals surface area contributed by atoms with Crippen molar-refractivity contribution in [1.29, 1.82) is 5.26 Å². The van der Waals surface area contributed by atoms with Crippen LogP contribution in [0.1, 0.15) is 23.7 Å². The summed E-state index contributed by atoms with van der Waals surface area (Å²) in [5.74, 6) is -1.26. The van der Waals surface area contributed by atoms with Crippen LogP contribution in [-0.2, 0) is 11.2 Å². The minimum Gasteiger partial charge on any atom is -0.369 e. The highest BCUT2D eigenvalue weighted by Gasteiger charge is 2.32. The van der Waals surface area contributed by atoms with Gasteiger partial charge >= 0.3 is 0 Å². The number of aromatic nitrogens is 1. The van der Waals surface area contributed by atoms with Gasteiger partial charge in [0.1, 0.15) is 22.4 Å². The molecule has 2 aromatic carbocycles. The number of rotatable bonds is 7. The van der Waals surface area contributed by atoms with Crippen molar-refractivity contribution in [3.05, 3.63) is 71.2 Å². The average molecular weight is 409 g/mol. The van der Waals surface area contributed by atoms with Crippen LogP contribution in [0.2, 0.25) is 0 Å². The maximum absolute atomic E-state index is 14.7. The Morgan fingerprint density at radius 2 is 2.00 bits per heavy atom. The molecular weight excluding hydrogens is 389 g/mol. The van der Waals surface area contributed by atoms with E-state index in [2.05, 4.69) is 15.0 Å². The van der Waals surface area contributed by atoms with Gasteiger partial charge < -0.3 is 16.4 Å². The number of primary amides is 1. The Kier molecular flexibility index (Phi) is 5.80. The molecule has 0 radical (unpaired) electrons. The molecule has 0 aliphatic carbocycles. The minimum atomic E-state index is -1.23. The van der Waals surface area contributed by atoms with Crippen LogP contribution in [0.5, 0.6) is 0 Å². The first-order valence-electron chi connectivity index (χ1n) is 8.87. The van der Waals surface area contributed by atoms with Gasteiger partial charge in [-0.15, -0.1) is 0 Å². The van der Waals surface area contributed by atoms with Crippen LogP contribution in [0.3, 0.4) is 0 Å². The molecule has 3 rings (SSSR count). The molecule has 4 N–H and O–H groups in total. The fourth-order valence-electron chi connectivity index (χ4n) is 2.91. The van der Waals surface area contributed by atoms with Gasteiger partial charge in [0.05, 0.1) is 22.6 Å². The second-order valence-electron chi connectivity index (χ2n) is 6.93. The fraction of sp³-hybridized carbons (Fsp3) is 0.190. The van der Waals surface area contributed by atoms with E-state index in [9.17, 15) is 14.4 Å². The van der Waals surface area contributed by atoms with Crippen molar-refractivity contribution < 1.29 is 9.18 Å². The number of nitrogens with zero attached hydrogens (tertiary/aromatic N) is 2. The Hall–Kier alpha value is -3.44. The maximum atomic E-state index is 14.7. The van der Waals surface area contributed by atoms with E-state index < -0.39 is 17.3 Å². The first-order valence-corrected chi connectivity index (χ1v) is 9.64. The third kappa shape index (κ3) is 4.70. The van der Waals surface area contributed by atoms with Gasteiger partial charge in [-0.3, -0.25) is 4.79 Å². The van der Waals surface area contributed by atoms with Crippen molar-refractivity contribution in [2.24, 2.45) is 5.73 Å². The highest BCUT2D eigenvalue weighted by atomic mass is 32.1. The molecule has 0 unspecified atom stereocenters. The largest absolute Gasteiger partial charge is 0.369 e. The monoisotopic (exact) mass is 409 g/mol. The number of carbonyl (C=O) groups is 1. The Bertz CT molecular complexity index is 1080. The van der Waals surface area contributed by atoms with Gasteiger partial charge in [-0.05, 0) is 49.1 Å². The van der Waals surface area contributed by atoms with Gasteiger partial charge in [0.2, 0.25) is 5.91 Å². The molecular formula is C21H20FN5OS. The predicted molar refractivity (Wildman–Crippen MR) is 113 cm³/mol. The zero-order chi connectivity index (χ0) is 21.0. The molecule has 0 bridgehead atoms. The second kappa shape index (κ2) is 8.29. The Morgan fingerprint density at radius 1 is 1.28 bits per heavy atom. The molecule has 0 aliphatic heterocycles. The lowest BCUT2D eigenvalue weighted by atomic mass is 9.91. The van der Waals surface area contributed by atoms with Crippen LogP contribution in [0.4, 0.5) is 20.8 Å². The molecule has 6 nitrogen and oxygen atoms in total. The van der Waals surface area contributed by atoms with Crippen LogP contribution in [-0.4, -0.2) is 15.8 Å². The molecule has 1 atom stereocenters. The van der Waals surface area contributed by atoms with Gasteiger partial charge in [-0.2, -0.15) is 9.64 Å². The van der Waals surface area contributed by atoms with Crippen LogP contribution < -0.4 is 16.4 Å². The summed E-state index contributed by atoms with van der Waals surface area (Å²) in [6.07, 6.45) is 0.277. The number of hydrogen-bond acceptors (Lipinski definition) is 6. The third-order valence-corrected chi connectivity index (χ3v) is 5.26. The Labute approximate surface area is 172 Å². The number of aryl methyl sites for hydroxylation is 1. The summed E-state index contributed by atoms with van der Waals surface area (Å²) in [6.45, 7) is 3.48. The quantitative estimate of drug-likeness (QED) is 0.545. The number of benzene rings is 2. The van der Waals surface area contributed by atoms with E-state index in [-0.39, 0.29) is 17.7 Å². The van der Waals surface area contributed by atoms with Crippen LogP contribution >= 0.6 is 11.5 Å². The summed E-state index contributed by atoms with van der Waals surface area (Å²) in [5, 5.41) is 16.1. The molecule has 0 fully saturated rings. The summed E-state index contributed by atoms with van der Waals surface area (Å²) in [6, 6.07) is 15.7. The number of carbonyl (C=O) groups excluding carboxylic acids is 1. The van der Waals surface area contributed by atoms with Crippen molar-refractivity contribution in [3.8, 4) is 6.07 Å².